The van der Waals surface area contributed by atoms with Gasteiger partial charge in [-0.2, -0.15) is 0 Å². The highest BCUT2D eigenvalue weighted by atomic mass is 35.5. The molecule has 34 heavy (non-hydrogen) atoms. The van der Waals surface area contributed by atoms with E-state index in [-0.39, 0.29) is 19.1 Å². The Kier molecular flexibility index (Phi) is 7.41. The normalized spacial score (nSPS) is 10.5. The number of hydrogen-bond donors (Lipinski definition) is 0. The molecule has 0 unspecified atom stereocenters. The van der Waals surface area contributed by atoms with Crippen LogP contribution in [0.5, 0.6) is 0 Å². The molecule has 0 heterocycles. The zero-order chi connectivity index (χ0) is 23.9. The van der Waals surface area contributed by atoms with Gasteiger partial charge in [-0.3, -0.25) is 14.5 Å². The molecule has 0 aromatic heterocycles. The summed E-state index contributed by atoms with van der Waals surface area (Å²) in [5.74, 6) is -0.775. The maximum atomic E-state index is 13.5. The maximum Gasteiger partial charge on any atom is 0.326 e. The van der Waals surface area contributed by atoms with Crippen LogP contribution in [-0.2, 0) is 9.53 Å². The number of benzene rings is 4. The van der Waals surface area contributed by atoms with E-state index in [0.29, 0.717) is 16.3 Å². The van der Waals surface area contributed by atoms with Gasteiger partial charge in [0.1, 0.15) is 6.54 Å². The first-order valence-electron chi connectivity index (χ1n) is 11.0. The van der Waals surface area contributed by atoms with Crippen LogP contribution in [0.25, 0.3) is 22.3 Å². The second kappa shape index (κ2) is 10.8. The Morgan fingerprint density at radius 1 is 0.765 bits per heavy atom. The third-order valence-corrected chi connectivity index (χ3v) is 5.75. The average molecular weight is 470 g/mol. The molecule has 0 fully saturated rings. The summed E-state index contributed by atoms with van der Waals surface area (Å²) in [5.41, 5.74) is 4.91. The predicted octanol–water partition coefficient (Wildman–Crippen LogP) is 6.88. The fourth-order valence-electron chi connectivity index (χ4n) is 3.73. The fraction of sp³-hybridized carbons (Fsp3) is 0.103. The highest BCUT2D eigenvalue weighted by Crippen LogP contribution is 2.31. The van der Waals surface area contributed by atoms with Gasteiger partial charge in [-0.05, 0) is 53.9 Å². The minimum Gasteiger partial charge on any atom is -0.465 e. The van der Waals surface area contributed by atoms with E-state index in [1.807, 2.05) is 60.7 Å². The van der Waals surface area contributed by atoms with Gasteiger partial charge in [-0.15, -0.1) is 0 Å². The molecule has 0 aliphatic rings. The highest BCUT2D eigenvalue weighted by molar-refractivity contribution is 6.33. The molecular weight excluding hydrogens is 446 g/mol. The van der Waals surface area contributed by atoms with Gasteiger partial charge in [0.25, 0.3) is 5.91 Å². The molecule has 4 aromatic carbocycles. The SMILES string of the molecule is CCOC(=O)CN(C(=O)c1ccc(Cl)c(-c2ccc(-c3ccccc3)cc2)c1)c1ccccc1. The molecule has 0 saturated heterocycles. The molecule has 4 nitrogen and oxygen atoms in total. The summed E-state index contributed by atoms with van der Waals surface area (Å²) in [7, 11) is 0. The molecule has 0 aliphatic heterocycles. The zero-order valence-electron chi connectivity index (χ0n) is 18.8. The van der Waals surface area contributed by atoms with Crippen molar-refractivity contribution in [1.29, 1.82) is 0 Å². The Morgan fingerprint density at radius 3 is 2.00 bits per heavy atom. The Labute approximate surface area is 204 Å². The highest BCUT2D eigenvalue weighted by Gasteiger charge is 2.22. The van der Waals surface area contributed by atoms with Gasteiger partial charge in [-0.1, -0.05) is 84.4 Å². The lowest BCUT2D eigenvalue weighted by Gasteiger charge is -2.22. The van der Waals surface area contributed by atoms with E-state index in [1.54, 1.807) is 37.3 Å². The Morgan fingerprint density at radius 2 is 1.35 bits per heavy atom. The number of rotatable bonds is 7. The first kappa shape index (κ1) is 23.3. The van der Waals surface area contributed by atoms with E-state index in [1.165, 1.54) is 4.90 Å². The van der Waals surface area contributed by atoms with Crippen LogP contribution in [0.15, 0.2) is 103 Å². The van der Waals surface area contributed by atoms with Crippen molar-refractivity contribution in [2.45, 2.75) is 6.92 Å². The smallest absolute Gasteiger partial charge is 0.326 e. The van der Waals surface area contributed by atoms with Gasteiger partial charge in [0.05, 0.1) is 6.61 Å². The third kappa shape index (κ3) is 5.36. The molecule has 1 amide bonds. The van der Waals surface area contributed by atoms with E-state index < -0.39 is 5.97 Å². The predicted molar refractivity (Wildman–Crippen MR) is 137 cm³/mol. The average Bonchev–Trinajstić information content (AvgIpc) is 2.88. The van der Waals surface area contributed by atoms with Crippen LogP contribution in [0.2, 0.25) is 5.02 Å². The molecule has 0 bridgehead atoms. The molecule has 0 aliphatic carbocycles. The molecule has 0 N–H and O–H groups in total. The van der Waals surface area contributed by atoms with Gasteiger partial charge in [-0.25, -0.2) is 0 Å². The first-order valence-corrected chi connectivity index (χ1v) is 11.4. The maximum absolute atomic E-state index is 13.5. The fourth-order valence-corrected chi connectivity index (χ4v) is 3.96. The summed E-state index contributed by atoms with van der Waals surface area (Å²) in [6.07, 6.45) is 0. The number of amides is 1. The molecule has 5 heteroatoms. The van der Waals surface area contributed by atoms with Crippen molar-refractivity contribution in [2.24, 2.45) is 0 Å². The van der Waals surface area contributed by atoms with Crippen LogP contribution >= 0.6 is 11.6 Å². The second-order valence-corrected chi connectivity index (χ2v) is 8.08. The van der Waals surface area contributed by atoms with Gasteiger partial charge in [0.2, 0.25) is 0 Å². The van der Waals surface area contributed by atoms with Gasteiger partial charge in [0.15, 0.2) is 0 Å². The molecule has 0 saturated carbocycles. The summed E-state index contributed by atoms with van der Waals surface area (Å²) >= 11 is 6.52. The van der Waals surface area contributed by atoms with Crippen molar-refractivity contribution in [3.8, 4) is 22.3 Å². The number of carbonyl (C=O) groups is 2. The molecule has 4 aromatic rings. The van der Waals surface area contributed by atoms with E-state index in [9.17, 15) is 9.59 Å². The number of para-hydroxylation sites is 1. The quantitative estimate of drug-likeness (QED) is 0.277. The minimum absolute atomic E-state index is 0.180. The van der Waals surface area contributed by atoms with E-state index >= 15 is 0 Å². The van der Waals surface area contributed by atoms with Crippen LogP contribution in [0.3, 0.4) is 0 Å². The number of carbonyl (C=O) groups excluding carboxylic acids is 2. The number of esters is 1. The van der Waals surface area contributed by atoms with Crippen LogP contribution < -0.4 is 4.90 Å². The lowest BCUT2D eigenvalue weighted by atomic mass is 9.98. The zero-order valence-corrected chi connectivity index (χ0v) is 19.5. The molecule has 4 rings (SSSR count). The summed E-state index contributed by atoms with van der Waals surface area (Å²) < 4.78 is 5.09. The van der Waals surface area contributed by atoms with Crippen molar-refractivity contribution >= 4 is 29.2 Å². The summed E-state index contributed by atoms with van der Waals surface area (Å²) in [6.45, 7) is 1.81. The topological polar surface area (TPSA) is 46.6 Å². The molecule has 0 spiro atoms. The van der Waals surface area contributed by atoms with E-state index in [0.717, 1.165) is 22.3 Å². The summed E-state index contributed by atoms with van der Waals surface area (Å²) in [4.78, 5) is 27.1. The summed E-state index contributed by atoms with van der Waals surface area (Å²) in [5, 5.41) is 0.542. The van der Waals surface area contributed by atoms with Crippen LogP contribution in [0, 0.1) is 0 Å². The number of hydrogen-bond acceptors (Lipinski definition) is 3. The Hall–Kier alpha value is -3.89. The first-order chi connectivity index (χ1) is 16.6. The standard InChI is InChI=1S/C29H24ClNO3/c1-2-34-28(32)20-31(25-11-7-4-8-12-25)29(33)24-17-18-27(30)26(19-24)23-15-13-22(14-16-23)21-9-5-3-6-10-21/h3-19H,2,20H2,1H3. The largest absolute Gasteiger partial charge is 0.465 e. The third-order valence-electron chi connectivity index (χ3n) is 5.42. The monoisotopic (exact) mass is 469 g/mol. The van der Waals surface area contributed by atoms with Gasteiger partial charge >= 0.3 is 5.97 Å². The van der Waals surface area contributed by atoms with Crippen LogP contribution in [0.1, 0.15) is 17.3 Å². The van der Waals surface area contributed by atoms with Crippen molar-refractivity contribution in [2.75, 3.05) is 18.1 Å². The number of ether oxygens (including phenoxy) is 1. The lowest BCUT2D eigenvalue weighted by Crippen LogP contribution is -2.36. The molecule has 0 atom stereocenters. The molecular formula is C29H24ClNO3. The van der Waals surface area contributed by atoms with Crippen molar-refractivity contribution < 1.29 is 14.3 Å². The van der Waals surface area contributed by atoms with Crippen molar-refractivity contribution in [1.82, 2.24) is 0 Å². The number of halogens is 1. The number of nitrogens with zero attached hydrogens (tertiary/aromatic N) is 1. The second-order valence-electron chi connectivity index (χ2n) is 7.67. The molecule has 170 valence electrons. The van der Waals surface area contributed by atoms with Crippen molar-refractivity contribution in [3.05, 3.63) is 114 Å². The lowest BCUT2D eigenvalue weighted by molar-refractivity contribution is -0.141. The van der Waals surface area contributed by atoms with Crippen LogP contribution in [-0.4, -0.2) is 25.0 Å². The summed E-state index contributed by atoms with van der Waals surface area (Å²) in [6, 6.07) is 32.4. The minimum atomic E-state index is -0.467. The van der Waals surface area contributed by atoms with Crippen molar-refractivity contribution in [3.63, 3.8) is 0 Å². The Bertz CT molecular complexity index is 1270. The molecule has 0 radical (unpaired) electrons. The van der Waals surface area contributed by atoms with E-state index in [4.69, 9.17) is 16.3 Å². The van der Waals surface area contributed by atoms with Gasteiger partial charge < -0.3 is 4.74 Å². The Balaban J connectivity index is 1.66. The van der Waals surface area contributed by atoms with Gasteiger partial charge in [0, 0.05) is 21.8 Å². The van der Waals surface area contributed by atoms with Crippen LogP contribution in [0.4, 0.5) is 5.69 Å². The van der Waals surface area contributed by atoms with E-state index in [2.05, 4.69) is 12.1 Å². The number of anilines is 1.